The number of aromatic nitrogens is 3. The second kappa shape index (κ2) is 9.02. The molecule has 0 radical (unpaired) electrons. The van der Waals surface area contributed by atoms with E-state index in [0.717, 1.165) is 36.9 Å². The van der Waals surface area contributed by atoms with E-state index in [9.17, 15) is 4.79 Å². The molecule has 1 aromatic heterocycles. The van der Waals surface area contributed by atoms with E-state index >= 15 is 0 Å². The Labute approximate surface area is 194 Å². The number of hydrogen-bond donors (Lipinski definition) is 1. The molecule has 0 bridgehead atoms. The quantitative estimate of drug-likeness (QED) is 0.444. The first-order chi connectivity index (χ1) is 16.2. The maximum Gasteiger partial charge on any atom is 0.265 e. The summed E-state index contributed by atoms with van der Waals surface area (Å²) in [6.45, 7) is 0.739. The predicted octanol–water partition coefficient (Wildman–Crippen LogP) is 4.03. The Balaban J connectivity index is 1.45. The van der Waals surface area contributed by atoms with Crippen molar-refractivity contribution in [3.05, 3.63) is 120 Å². The van der Waals surface area contributed by atoms with Gasteiger partial charge in [0.05, 0.1) is 6.04 Å². The van der Waals surface area contributed by atoms with Gasteiger partial charge >= 0.3 is 0 Å². The van der Waals surface area contributed by atoms with Crippen molar-refractivity contribution in [2.45, 2.75) is 37.3 Å². The molecular weight excluding hydrogens is 408 g/mol. The Morgan fingerprint density at radius 2 is 1.48 bits per heavy atom. The lowest BCUT2D eigenvalue weighted by Crippen LogP contribution is -2.48. The van der Waals surface area contributed by atoms with E-state index in [1.807, 2.05) is 89.9 Å². The number of carbonyl (C=O) groups excluding carboxylic acids is 1. The molecule has 1 aliphatic carbocycles. The van der Waals surface area contributed by atoms with Crippen molar-refractivity contribution in [2.75, 3.05) is 0 Å². The molecule has 2 N–H and O–H groups in total. The van der Waals surface area contributed by atoms with Crippen molar-refractivity contribution >= 4 is 5.91 Å². The first-order valence-corrected chi connectivity index (χ1v) is 11.6. The van der Waals surface area contributed by atoms with Crippen LogP contribution < -0.4 is 10.3 Å². The molecule has 1 fully saturated rings. The number of rotatable bonds is 7. The molecule has 2 atom stereocenters. The van der Waals surface area contributed by atoms with E-state index in [4.69, 9.17) is 5.73 Å². The molecule has 166 valence electrons. The number of amides is 1. The Bertz CT molecular complexity index is 1160. The monoisotopic (exact) mass is 437 g/mol. The second-order valence-electron chi connectivity index (χ2n) is 8.94. The van der Waals surface area contributed by atoms with Crippen LogP contribution in [0.4, 0.5) is 0 Å². The van der Waals surface area contributed by atoms with Crippen LogP contribution in [0.5, 0.6) is 0 Å². The number of nitrogens with zero attached hydrogens (tertiary/aromatic N) is 3. The van der Waals surface area contributed by atoms with Gasteiger partial charge in [0.1, 0.15) is 12.0 Å². The lowest BCUT2D eigenvalue weighted by molar-refractivity contribution is -0.722. The third-order valence-corrected chi connectivity index (χ3v) is 7.07. The van der Waals surface area contributed by atoms with Crippen LogP contribution in [0, 0.1) is 5.92 Å². The highest BCUT2D eigenvalue weighted by molar-refractivity contribution is 5.91. The molecule has 1 heterocycles. The number of nitrogens with two attached hydrogens (primary N) is 1. The molecule has 0 spiro atoms. The number of primary amides is 1. The lowest BCUT2D eigenvalue weighted by Gasteiger charge is -2.37. The largest absolute Gasteiger partial charge is 0.369 e. The minimum Gasteiger partial charge on any atom is -0.369 e. The topological polar surface area (TPSA) is 64.8 Å². The van der Waals surface area contributed by atoms with E-state index in [0.29, 0.717) is 0 Å². The highest BCUT2D eigenvalue weighted by atomic mass is 16.1. The summed E-state index contributed by atoms with van der Waals surface area (Å²) in [5.74, 6) is -0.176. The maximum absolute atomic E-state index is 13.3. The van der Waals surface area contributed by atoms with Gasteiger partial charge in [-0.3, -0.25) is 4.79 Å². The Morgan fingerprint density at radius 1 is 0.909 bits per heavy atom. The Hall–Kier alpha value is -3.73. The molecule has 1 aliphatic rings. The van der Waals surface area contributed by atoms with Gasteiger partial charge in [-0.1, -0.05) is 91.0 Å². The van der Waals surface area contributed by atoms with Crippen molar-refractivity contribution in [2.24, 2.45) is 11.7 Å². The number of benzene rings is 3. The summed E-state index contributed by atoms with van der Waals surface area (Å²) in [6.07, 6.45) is 6.77. The fraction of sp³-hybridized carbons (Fsp3) is 0.250. The van der Waals surface area contributed by atoms with Crippen LogP contribution in [0.2, 0.25) is 0 Å². The van der Waals surface area contributed by atoms with Gasteiger partial charge in [0.2, 0.25) is 12.2 Å². The highest BCUT2D eigenvalue weighted by Gasteiger charge is 2.50. The summed E-state index contributed by atoms with van der Waals surface area (Å²) in [6, 6.07) is 30.7. The minimum absolute atomic E-state index is 0.106. The molecule has 5 heteroatoms. The molecule has 0 unspecified atom stereocenters. The zero-order valence-electron chi connectivity index (χ0n) is 18.6. The van der Waals surface area contributed by atoms with Gasteiger partial charge in [-0.2, -0.15) is 0 Å². The Morgan fingerprint density at radius 3 is 2.06 bits per heavy atom. The normalized spacial score (nSPS) is 18.3. The molecular formula is C28H29N4O+. The SMILES string of the molecule is NC(=O)C(c1ccccc1)(c1ccccc1)[C@H]1CC[C@@H]([n+]2cnn(Cc3ccccc3)c2)C1. The van der Waals surface area contributed by atoms with Crippen LogP contribution >= 0.6 is 0 Å². The van der Waals surface area contributed by atoms with Crippen molar-refractivity contribution in [1.29, 1.82) is 0 Å². The molecule has 0 aliphatic heterocycles. The summed E-state index contributed by atoms with van der Waals surface area (Å²) < 4.78 is 4.17. The fourth-order valence-electron chi connectivity index (χ4n) is 5.53. The van der Waals surface area contributed by atoms with Crippen molar-refractivity contribution in [3.63, 3.8) is 0 Å². The molecule has 3 aromatic carbocycles. The first-order valence-electron chi connectivity index (χ1n) is 11.6. The Kier molecular flexibility index (Phi) is 5.78. The lowest BCUT2D eigenvalue weighted by atomic mass is 9.64. The van der Waals surface area contributed by atoms with Crippen LogP contribution in [-0.4, -0.2) is 15.7 Å². The van der Waals surface area contributed by atoms with E-state index < -0.39 is 5.41 Å². The molecule has 5 nitrogen and oxygen atoms in total. The van der Waals surface area contributed by atoms with Crippen LogP contribution in [0.3, 0.4) is 0 Å². The maximum atomic E-state index is 13.3. The van der Waals surface area contributed by atoms with Crippen LogP contribution in [0.25, 0.3) is 0 Å². The van der Waals surface area contributed by atoms with Crippen LogP contribution in [0.15, 0.2) is 104 Å². The molecule has 4 aromatic rings. The zero-order chi connectivity index (χ0) is 22.7. The standard InChI is InChI=1S/C28H28N4O/c29-27(33)28(23-12-6-2-7-13-23,24-14-8-3-9-15-24)25-16-17-26(18-25)31-20-30-32(21-31)19-22-10-4-1-5-11-22/h1-15,20-21,25-26H,16-19H2,(H-,29,33)/p+1/t25-,26+/m0/s1. The minimum atomic E-state index is -0.849. The average molecular weight is 438 g/mol. The van der Waals surface area contributed by atoms with Gasteiger partial charge in [-0.15, -0.1) is 4.68 Å². The van der Waals surface area contributed by atoms with E-state index in [1.165, 1.54) is 5.56 Å². The van der Waals surface area contributed by atoms with Gasteiger partial charge in [0, 0.05) is 5.10 Å². The smallest absolute Gasteiger partial charge is 0.265 e. The zero-order valence-corrected chi connectivity index (χ0v) is 18.6. The number of carbonyl (C=O) groups is 1. The summed E-state index contributed by atoms with van der Waals surface area (Å²) in [7, 11) is 0. The average Bonchev–Trinajstić information content (AvgIpc) is 3.52. The summed E-state index contributed by atoms with van der Waals surface area (Å²) in [5, 5.41) is 4.58. The number of hydrogen-bond acceptors (Lipinski definition) is 2. The molecule has 1 amide bonds. The summed E-state index contributed by atoms with van der Waals surface area (Å²) in [5.41, 5.74) is 8.54. The highest BCUT2D eigenvalue weighted by Crippen LogP contribution is 2.48. The van der Waals surface area contributed by atoms with E-state index in [2.05, 4.69) is 28.1 Å². The summed E-state index contributed by atoms with van der Waals surface area (Å²) >= 11 is 0. The van der Waals surface area contributed by atoms with E-state index in [-0.39, 0.29) is 17.9 Å². The van der Waals surface area contributed by atoms with Crippen molar-refractivity contribution in [3.8, 4) is 0 Å². The van der Waals surface area contributed by atoms with Crippen LogP contribution in [0.1, 0.15) is 42.0 Å². The summed E-state index contributed by atoms with van der Waals surface area (Å²) in [4.78, 5) is 13.3. The van der Waals surface area contributed by atoms with Crippen LogP contribution in [-0.2, 0) is 16.8 Å². The fourth-order valence-corrected chi connectivity index (χ4v) is 5.53. The van der Waals surface area contributed by atoms with Gasteiger partial charge in [0.15, 0.2) is 0 Å². The van der Waals surface area contributed by atoms with Gasteiger partial charge < -0.3 is 5.73 Å². The van der Waals surface area contributed by atoms with Crippen molar-refractivity contribution in [1.82, 2.24) is 9.78 Å². The second-order valence-corrected chi connectivity index (χ2v) is 8.94. The van der Waals surface area contributed by atoms with Crippen molar-refractivity contribution < 1.29 is 9.36 Å². The van der Waals surface area contributed by atoms with Gasteiger partial charge in [0.25, 0.3) is 6.33 Å². The molecule has 33 heavy (non-hydrogen) atoms. The molecule has 1 saturated carbocycles. The predicted molar refractivity (Wildman–Crippen MR) is 127 cm³/mol. The van der Waals surface area contributed by atoms with Gasteiger partial charge in [-0.25, -0.2) is 4.57 Å². The molecule has 5 rings (SSSR count). The molecule has 0 saturated heterocycles. The van der Waals surface area contributed by atoms with Gasteiger partial charge in [-0.05, 0) is 41.9 Å². The van der Waals surface area contributed by atoms with E-state index in [1.54, 1.807) is 0 Å². The first kappa shape index (κ1) is 21.1. The third-order valence-electron chi connectivity index (χ3n) is 7.07. The third kappa shape index (κ3) is 3.95.